The van der Waals surface area contributed by atoms with Crippen LogP contribution < -0.4 is 16.2 Å². The van der Waals surface area contributed by atoms with Crippen molar-refractivity contribution in [3.63, 3.8) is 0 Å². The lowest BCUT2D eigenvalue weighted by molar-refractivity contribution is 0.102. The number of hydrogen-bond acceptors (Lipinski definition) is 4. The number of carbonyl (C=O) groups is 1. The van der Waals surface area contributed by atoms with Crippen molar-refractivity contribution in [1.29, 1.82) is 0 Å². The predicted molar refractivity (Wildman–Crippen MR) is 81.4 cm³/mol. The lowest BCUT2D eigenvalue weighted by Gasteiger charge is -2.09. The van der Waals surface area contributed by atoms with Crippen molar-refractivity contribution in [1.82, 2.24) is 0 Å². The summed E-state index contributed by atoms with van der Waals surface area (Å²) < 4.78 is 22.6. The summed E-state index contributed by atoms with van der Waals surface area (Å²) in [5, 5.41) is 7.64. The minimum Gasteiger partial charge on any atom is -0.398 e. The molecule has 1 amide bonds. The molecule has 110 valence electrons. The maximum absolute atomic E-state index is 12.1. The van der Waals surface area contributed by atoms with Gasteiger partial charge in [-0.2, -0.15) is 0 Å². The molecule has 0 atom stereocenters. The van der Waals surface area contributed by atoms with Crippen LogP contribution in [0.15, 0.2) is 47.4 Å². The van der Waals surface area contributed by atoms with E-state index in [1.54, 1.807) is 24.3 Å². The number of nitrogen functional groups attached to an aromatic ring is 1. The SMILES string of the molecule is Cc1ccc(C(=O)Nc2cccc(S(N)(=O)=O)c2)c(N)c1. The van der Waals surface area contributed by atoms with E-state index in [1.165, 1.54) is 18.2 Å². The van der Waals surface area contributed by atoms with Crippen LogP contribution in [0.1, 0.15) is 15.9 Å². The van der Waals surface area contributed by atoms with E-state index < -0.39 is 15.9 Å². The molecule has 5 N–H and O–H groups in total. The molecule has 0 aliphatic carbocycles. The van der Waals surface area contributed by atoms with Crippen molar-refractivity contribution in [2.75, 3.05) is 11.1 Å². The Bertz CT molecular complexity index is 801. The molecule has 0 saturated carbocycles. The quantitative estimate of drug-likeness (QED) is 0.745. The van der Waals surface area contributed by atoms with Crippen LogP contribution in [0.3, 0.4) is 0 Å². The van der Waals surface area contributed by atoms with E-state index in [9.17, 15) is 13.2 Å². The molecule has 21 heavy (non-hydrogen) atoms. The van der Waals surface area contributed by atoms with Gasteiger partial charge in [0.05, 0.1) is 10.5 Å². The highest BCUT2D eigenvalue weighted by Crippen LogP contribution is 2.18. The zero-order valence-electron chi connectivity index (χ0n) is 11.3. The number of sulfonamides is 1. The normalized spacial score (nSPS) is 11.1. The second-order valence-corrected chi connectivity index (χ2v) is 6.18. The van der Waals surface area contributed by atoms with Gasteiger partial charge in [0.25, 0.3) is 5.91 Å². The highest BCUT2D eigenvalue weighted by Gasteiger charge is 2.12. The van der Waals surface area contributed by atoms with Crippen LogP contribution in [0.25, 0.3) is 0 Å². The highest BCUT2D eigenvalue weighted by atomic mass is 32.2. The van der Waals surface area contributed by atoms with E-state index >= 15 is 0 Å². The maximum Gasteiger partial charge on any atom is 0.257 e. The topological polar surface area (TPSA) is 115 Å². The van der Waals surface area contributed by atoms with E-state index in [-0.39, 0.29) is 4.90 Å². The van der Waals surface area contributed by atoms with E-state index in [0.717, 1.165) is 5.56 Å². The Morgan fingerprint density at radius 2 is 1.86 bits per heavy atom. The number of benzene rings is 2. The van der Waals surface area contributed by atoms with Gasteiger partial charge in [0.1, 0.15) is 0 Å². The van der Waals surface area contributed by atoms with Crippen LogP contribution in [-0.2, 0) is 10.0 Å². The molecule has 2 rings (SSSR count). The van der Waals surface area contributed by atoms with E-state index in [1.807, 2.05) is 6.92 Å². The molecule has 0 aliphatic rings. The molecule has 0 heterocycles. The van der Waals surface area contributed by atoms with Gasteiger partial charge in [-0.05, 0) is 42.8 Å². The third-order valence-electron chi connectivity index (χ3n) is 2.87. The van der Waals surface area contributed by atoms with Crippen LogP contribution in [0.4, 0.5) is 11.4 Å². The van der Waals surface area contributed by atoms with Gasteiger partial charge in [-0.3, -0.25) is 4.79 Å². The summed E-state index contributed by atoms with van der Waals surface area (Å²) >= 11 is 0. The molecule has 0 fully saturated rings. The van der Waals surface area contributed by atoms with Gasteiger partial charge in [0.15, 0.2) is 0 Å². The number of carbonyl (C=O) groups excluding carboxylic acids is 1. The third kappa shape index (κ3) is 3.59. The lowest BCUT2D eigenvalue weighted by Crippen LogP contribution is -2.16. The third-order valence-corrected chi connectivity index (χ3v) is 3.78. The van der Waals surface area contributed by atoms with Crippen LogP contribution in [-0.4, -0.2) is 14.3 Å². The zero-order valence-corrected chi connectivity index (χ0v) is 12.1. The highest BCUT2D eigenvalue weighted by molar-refractivity contribution is 7.89. The summed E-state index contributed by atoms with van der Waals surface area (Å²) in [6, 6.07) is 10.8. The van der Waals surface area contributed by atoms with Crippen molar-refractivity contribution >= 4 is 27.3 Å². The first-order valence-electron chi connectivity index (χ1n) is 6.08. The predicted octanol–water partition coefficient (Wildman–Crippen LogP) is 1.48. The van der Waals surface area contributed by atoms with Gasteiger partial charge in [-0.15, -0.1) is 0 Å². The van der Waals surface area contributed by atoms with Crippen LogP contribution in [0.5, 0.6) is 0 Å². The molecule has 7 heteroatoms. The fraction of sp³-hybridized carbons (Fsp3) is 0.0714. The zero-order chi connectivity index (χ0) is 15.6. The van der Waals surface area contributed by atoms with Gasteiger partial charge in [0, 0.05) is 11.4 Å². The summed E-state index contributed by atoms with van der Waals surface area (Å²) in [5.74, 6) is -0.418. The minimum absolute atomic E-state index is 0.0721. The van der Waals surface area contributed by atoms with Gasteiger partial charge in [-0.25, -0.2) is 13.6 Å². The smallest absolute Gasteiger partial charge is 0.257 e. The summed E-state index contributed by atoms with van der Waals surface area (Å²) in [5.41, 5.74) is 7.75. The maximum atomic E-state index is 12.1. The van der Waals surface area contributed by atoms with Crippen LogP contribution in [0.2, 0.25) is 0 Å². The number of nitrogens with two attached hydrogens (primary N) is 2. The monoisotopic (exact) mass is 305 g/mol. The van der Waals surface area contributed by atoms with Crippen molar-refractivity contribution in [3.8, 4) is 0 Å². The molecular formula is C14H15N3O3S. The molecule has 2 aromatic rings. The first kappa shape index (κ1) is 15.0. The summed E-state index contributed by atoms with van der Waals surface area (Å²) in [6.07, 6.45) is 0. The molecule has 0 aromatic heterocycles. The number of rotatable bonds is 3. The Morgan fingerprint density at radius 1 is 1.14 bits per heavy atom. The second kappa shape index (κ2) is 5.55. The molecule has 0 aliphatic heterocycles. The average molecular weight is 305 g/mol. The number of aryl methyl sites for hydroxylation is 1. The van der Waals surface area contributed by atoms with Crippen LogP contribution in [0, 0.1) is 6.92 Å². The Labute approximate surface area is 122 Å². The molecule has 0 saturated heterocycles. The number of amides is 1. The van der Waals surface area contributed by atoms with Gasteiger partial charge < -0.3 is 11.1 Å². The standard InChI is InChI=1S/C14H15N3O3S/c1-9-5-6-12(13(15)7-9)14(18)17-10-3-2-4-11(8-10)21(16,19)20/h2-8H,15H2,1H3,(H,17,18)(H2,16,19,20). The van der Waals surface area contributed by atoms with E-state index in [0.29, 0.717) is 16.9 Å². The first-order chi connectivity index (χ1) is 9.77. The average Bonchev–Trinajstić information content (AvgIpc) is 2.37. The fourth-order valence-corrected chi connectivity index (χ4v) is 2.40. The van der Waals surface area contributed by atoms with Gasteiger partial charge >= 0.3 is 0 Å². The van der Waals surface area contributed by atoms with Crippen molar-refractivity contribution in [3.05, 3.63) is 53.6 Å². The Balaban J connectivity index is 2.28. The Kier molecular flexibility index (Phi) is 3.97. The van der Waals surface area contributed by atoms with Crippen molar-refractivity contribution < 1.29 is 13.2 Å². The number of anilines is 2. The van der Waals surface area contributed by atoms with Crippen molar-refractivity contribution in [2.45, 2.75) is 11.8 Å². The second-order valence-electron chi connectivity index (χ2n) is 4.62. The lowest BCUT2D eigenvalue weighted by atomic mass is 10.1. The van der Waals surface area contributed by atoms with Gasteiger partial charge in [-0.1, -0.05) is 12.1 Å². The Morgan fingerprint density at radius 3 is 2.48 bits per heavy atom. The molecule has 0 spiro atoms. The van der Waals surface area contributed by atoms with Gasteiger partial charge in [0.2, 0.25) is 10.0 Å². The summed E-state index contributed by atoms with van der Waals surface area (Å²) in [6.45, 7) is 1.87. The number of hydrogen-bond donors (Lipinski definition) is 3. The van der Waals surface area contributed by atoms with Crippen molar-refractivity contribution in [2.24, 2.45) is 5.14 Å². The molecule has 0 radical (unpaired) electrons. The largest absolute Gasteiger partial charge is 0.398 e. The molecule has 0 unspecified atom stereocenters. The molecule has 2 aromatic carbocycles. The van der Waals surface area contributed by atoms with E-state index in [4.69, 9.17) is 10.9 Å². The molecule has 0 bridgehead atoms. The summed E-state index contributed by atoms with van der Waals surface area (Å²) in [7, 11) is -3.82. The van der Waals surface area contributed by atoms with Crippen LogP contribution >= 0.6 is 0 Å². The number of nitrogens with one attached hydrogen (secondary N) is 1. The molecule has 6 nitrogen and oxygen atoms in total. The van der Waals surface area contributed by atoms with E-state index in [2.05, 4.69) is 5.32 Å². The fourth-order valence-electron chi connectivity index (χ4n) is 1.84. The Hall–Kier alpha value is -2.38. The minimum atomic E-state index is -3.82. The number of primary sulfonamides is 1. The summed E-state index contributed by atoms with van der Waals surface area (Å²) in [4.78, 5) is 12.1. The first-order valence-corrected chi connectivity index (χ1v) is 7.62. The molecular weight excluding hydrogens is 290 g/mol.